The van der Waals surface area contributed by atoms with E-state index >= 15 is 0 Å². The van der Waals surface area contributed by atoms with Crippen LogP contribution in [0.5, 0.6) is 0 Å². The molecule has 2 heterocycles. The summed E-state index contributed by atoms with van der Waals surface area (Å²) in [5, 5.41) is 8.13. The molecule has 1 unspecified atom stereocenters. The lowest BCUT2D eigenvalue weighted by Crippen LogP contribution is -2.45. The fraction of sp³-hybridized carbons (Fsp3) is 0.364. The number of aryl methyl sites for hydroxylation is 1. The number of carbonyl (C=O) groups is 2. The van der Waals surface area contributed by atoms with Crippen molar-refractivity contribution >= 4 is 35.0 Å². The van der Waals surface area contributed by atoms with E-state index in [2.05, 4.69) is 32.5 Å². The zero-order valence-electron chi connectivity index (χ0n) is 18.4. The first kappa shape index (κ1) is 24.9. The SMILES string of the molecule is C=CC(=O)Nc1cc(C)ccc1Nc1nc(NC2CCCN(C(=O)CF)C2)ncc1C(F)(F)F. The largest absolute Gasteiger partial charge is 0.421 e. The molecule has 3 rings (SSSR count). The highest BCUT2D eigenvalue weighted by Gasteiger charge is 2.36. The summed E-state index contributed by atoms with van der Waals surface area (Å²) in [4.78, 5) is 32.6. The first-order chi connectivity index (χ1) is 16.1. The Kier molecular flexibility index (Phi) is 7.69. The highest BCUT2D eigenvalue weighted by molar-refractivity contribution is 6.01. The quantitative estimate of drug-likeness (QED) is 0.409. The lowest BCUT2D eigenvalue weighted by molar-refractivity contribution is -0.137. The summed E-state index contributed by atoms with van der Waals surface area (Å²) < 4.78 is 53.7. The van der Waals surface area contributed by atoms with Crippen molar-refractivity contribution in [2.45, 2.75) is 32.0 Å². The van der Waals surface area contributed by atoms with Crippen LogP contribution in [-0.2, 0) is 15.8 Å². The second-order valence-corrected chi connectivity index (χ2v) is 7.78. The topological polar surface area (TPSA) is 99.2 Å². The van der Waals surface area contributed by atoms with Crippen LogP contribution in [-0.4, -0.2) is 52.5 Å². The van der Waals surface area contributed by atoms with Crippen molar-refractivity contribution in [3.8, 4) is 0 Å². The van der Waals surface area contributed by atoms with Crippen molar-refractivity contribution in [3.05, 3.63) is 48.2 Å². The smallest absolute Gasteiger partial charge is 0.350 e. The zero-order valence-corrected chi connectivity index (χ0v) is 18.4. The van der Waals surface area contributed by atoms with Gasteiger partial charge >= 0.3 is 6.18 Å². The predicted molar refractivity (Wildman–Crippen MR) is 120 cm³/mol. The second kappa shape index (κ2) is 10.5. The number of amides is 2. The van der Waals surface area contributed by atoms with E-state index in [1.165, 1.54) is 11.0 Å². The molecule has 1 aliphatic heterocycles. The molecular weight excluding hydrogens is 456 g/mol. The number of likely N-dealkylation sites (tertiary alicyclic amines) is 1. The Morgan fingerprint density at radius 3 is 2.74 bits per heavy atom. The average molecular weight is 480 g/mol. The monoisotopic (exact) mass is 480 g/mol. The minimum absolute atomic E-state index is 0.0844. The Bertz CT molecular complexity index is 1080. The standard InChI is InChI=1S/C22H24F4N6O2/c1-3-18(33)29-17-9-13(2)6-7-16(17)30-20-15(22(24,25)26)11-27-21(31-20)28-14-5-4-8-32(12-14)19(34)10-23/h3,6-7,9,11,14H,1,4-5,8,10,12H2,2H3,(H,29,33)(H2,27,28,30,31). The number of nitrogens with one attached hydrogen (secondary N) is 3. The molecule has 2 amide bonds. The van der Waals surface area contributed by atoms with Crippen LogP contribution in [0.15, 0.2) is 37.1 Å². The van der Waals surface area contributed by atoms with Crippen LogP contribution in [0, 0.1) is 6.92 Å². The third kappa shape index (κ3) is 6.21. The lowest BCUT2D eigenvalue weighted by atomic mass is 10.1. The molecule has 3 N–H and O–H groups in total. The highest BCUT2D eigenvalue weighted by Crippen LogP contribution is 2.36. The molecule has 182 valence electrons. The van der Waals surface area contributed by atoms with E-state index in [-0.39, 0.29) is 29.9 Å². The zero-order chi connectivity index (χ0) is 24.9. The molecule has 1 aromatic heterocycles. The van der Waals surface area contributed by atoms with Crippen LogP contribution in [0.4, 0.5) is 40.7 Å². The fourth-order valence-electron chi connectivity index (χ4n) is 3.52. The van der Waals surface area contributed by atoms with Gasteiger partial charge in [0.25, 0.3) is 5.91 Å². The number of nitrogens with zero attached hydrogens (tertiary/aromatic N) is 3. The molecule has 2 aromatic rings. The molecular formula is C22H24F4N6O2. The molecule has 1 aromatic carbocycles. The third-order valence-corrected chi connectivity index (χ3v) is 5.19. The van der Waals surface area contributed by atoms with Gasteiger partial charge in [0, 0.05) is 25.3 Å². The summed E-state index contributed by atoms with van der Waals surface area (Å²) in [6, 6.07) is 4.43. The fourth-order valence-corrected chi connectivity index (χ4v) is 3.52. The molecule has 0 radical (unpaired) electrons. The number of benzene rings is 1. The van der Waals surface area contributed by atoms with Gasteiger partial charge in [0.2, 0.25) is 11.9 Å². The molecule has 0 saturated carbocycles. The Hall–Kier alpha value is -3.70. The van der Waals surface area contributed by atoms with E-state index < -0.39 is 36.0 Å². The Morgan fingerprint density at radius 2 is 2.06 bits per heavy atom. The minimum atomic E-state index is -4.74. The van der Waals surface area contributed by atoms with Gasteiger partial charge in [-0.1, -0.05) is 12.6 Å². The van der Waals surface area contributed by atoms with Crippen LogP contribution in [0.1, 0.15) is 24.0 Å². The van der Waals surface area contributed by atoms with Crippen molar-refractivity contribution in [1.29, 1.82) is 0 Å². The molecule has 1 aliphatic rings. The maximum Gasteiger partial charge on any atom is 0.421 e. The number of halogens is 4. The van der Waals surface area contributed by atoms with E-state index in [1.807, 2.05) is 0 Å². The van der Waals surface area contributed by atoms with Crippen molar-refractivity contribution in [3.63, 3.8) is 0 Å². The number of piperidine rings is 1. The number of carbonyl (C=O) groups excluding carboxylic acids is 2. The molecule has 0 aliphatic carbocycles. The van der Waals surface area contributed by atoms with Gasteiger partial charge in [-0.25, -0.2) is 9.37 Å². The van der Waals surface area contributed by atoms with Crippen molar-refractivity contribution in [1.82, 2.24) is 14.9 Å². The van der Waals surface area contributed by atoms with E-state index in [0.29, 0.717) is 25.6 Å². The van der Waals surface area contributed by atoms with Crippen molar-refractivity contribution < 1.29 is 27.2 Å². The van der Waals surface area contributed by atoms with Gasteiger partial charge in [-0.3, -0.25) is 9.59 Å². The second-order valence-electron chi connectivity index (χ2n) is 7.78. The van der Waals surface area contributed by atoms with E-state index in [9.17, 15) is 27.2 Å². The normalized spacial score (nSPS) is 16.0. The van der Waals surface area contributed by atoms with Crippen LogP contribution < -0.4 is 16.0 Å². The molecule has 1 saturated heterocycles. The molecule has 1 atom stereocenters. The molecule has 12 heteroatoms. The molecule has 0 bridgehead atoms. The summed E-state index contributed by atoms with van der Waals surface area (Å²) in [6.07, 6.45) is -1.84. The van der Waals surface area contributed by atoms with Crippen LogP contribution in [0.2, 0.25) is 0 Å². The summed E-state index contributed by atoms with van der Waals surface area (Å²) in [5.41, 5.74) is 0.111. The lowest BCUT2D eigenvalue weighted by Gasteiger charge is -2.32. The summed E-state index contributed by atoms with van der Waals surface area (Å²) >= 11 is 0. The number of anilines is 4. The van der Waals surface area contributed by atoms with Crippen molar-refractivity contribution in [2.24, 2.45) is 0 Å². The van der Waals surface area contributed by atoms with Gasteiger partial charge in [-0.15, -0.1) is 0 Å². The number of hydrogen-bond acceptors (Lipinski definition) is 6. The van der Waals surface area contributed by atoms with E-state index in [1.54, 1.807) is 19.1 Å². The van der Waals surface area contributed by atoms with Crippen LogP contribution in [0.25, 0.3) is 0 Å². The van der Waals surface area contributed by atoms with Crippen LogP contribution in [0.3, 0.4) is 0 Å². The molecule has 34 heavy (non-hydrogen) atoms. The van der Waals surface area contributed by atoms with Gasteiger partial charge in [0.05, 0.1) is 11.4 Å². The Morgan fingerprint density at radius 1 is 1.29 bits per heavy atom. The first-order valence-electron chi connectivity index (χ1n) is 10.5. The summed E-state index contributed by atoms with van der Waals surface area (Å²) in [5.74, 6) is -1.77. The summed E-state index contributed by atoms with van der Waals surface area (Å²) in [7, 11) is 0. The molecule has 0 spiro atoms. The maximum absolute atomic E-state index is 13.6. The number of alkyl halides is 4. The van der Waals surface area contributed by atoms with Crippen LogP contribution >= 0.6 is 0 Å². The van der Waals surface area contributed by atoms with E-state index in [4.69, 9.17) is 0 Å². The van der Waals surface area contributed by atoms with E-state index in [0.717, 1.165) is 11.6 Å². The first-order valence-corrected chi connectivity index (χ1v) is 10.5. The number of rotatable bonds is 7. The number of aromatic nitrogens is 2. The number of hydrogen-bond donors (Lipinski definition) is 3. The summed E-state index contributed by atoms with van der Waals surface area (Å²) in [6.45, 7) is 4.62. The van der Waals surface area contributed by atoms with Gasteiger partial charge in [-0.2, -0.15) is 18.2 Å². The van der Waals surface area contributed by atoms with Gasteiger partial charge in [-0.05, 0) is 43.5 Å². The maximum atomic E-state index is 13.6. The van der Waals surface area contributed by atoms with Gasteiger partial charge < -0.3 is 20.9 Å². The van der Waals surface area contributed by atoms with Gasteiger partial charge in [0.1, 0.15) is 11.4 Å². The van der Waals surface area contributed by atoms with Gasteiger partial charge in [0.15, 0.2) is 6.67 Å². The highest BCUT2D eigenvalue weighted by atomic mass is 19.4. The average Bonchev–Trinajstić information content (AvgIpc) is 2.79. The Balaban J connectivity index is 1.90. The Labute approximate surface area is 193 Å². The minimum Gasteiger partial charge on any atom is -0.350 e. The predicted octanol–water partition coefficient (Wildman–Crippen LogP) is 4.04. The third-order valence-electron chi connectivity index (χ3n) is 5.19. The molecule has 8 nitrogen and oxygen atoms in total. The molecule has 1 fully saturated rings. The van der Waals surface area contributed by atoms with Crippen molar-refractivity contribution in [2.75, 3.05) is 35.7 Å².